The van der Waals surface area contributed by atoms with Gasteiger partial charge >= 0.3 is 51.4 Å². The van der Waals surface area contributed by atoms with Crippen molar-refractivity contribution >= 4 is 20.2 Å². The summed E-state index contributed by atoms with van der Waals surface area (Å²) in [5.41, 5.74) is 0. The Labute approximate surface area is 101 Å². The van der Waals surface area contributed by atoms with Crippen LogP contribution in [0.3, 0.4) is 0 Å². The van der Waals surface area contributed by atoms with Crippen LogP contribution in [0.5, 0.6) is 0 Å². The first kappa shape index (κ1) is 30.8. The van der Waals surface area contributed by atoms with E-state index in [4.69, 9.17) is 13.3 Å². The van der Waals surface area contributed by atoms with Crippen LogP contribution < -0.4 is 51.4 Å². The zero-order chi connectivity index (χ0) is 4.50. The van der Waals surface area contributed by atoms with E-state index in [0.29, 0.717) is 0 Å². The molecule has 9 heavy (non-hydrogen) atoms. The predicted octanol–water partition coefficient (Wildman–Crippen LogP) is -5.68. The van der Waals surface area contributed by atoms with Gasteiger partial charge in [-0.1, -0.05) is 0 Å². The summed E-state index contributed by atoms with van der Waals surface area (Å²) >= 11 is 3.47. The average Bonchev–Trinajstić information content (AvgIpc) is 0.722. The Balaban J connectivity index is -0.00000000800. The predicted molar refractivity (Wildman–Crippen MR) is 32.7 cm³/mol. The quantitative estimate of drug-likeness (QED) is 0.381. The van der Waals surface area contributed by atoms with Gasteiger partial charge in [0.1, 0.15) is 0 Å². The maximum Gasteiger partial charge on any atom is 1.00 e. The number of hydrogen-bond donors (Lipinski definition) is 2. The fraction of sp³-hybridized carbons (Fsp3) is 0. The molecule has 0 fully saturated rings. The van der Waals surface area contributed by atoms with E-state index in [2.05, 4.69) is 11.2 Å². The third-order valence-corrected chi connectivity index (χ3v) is 0. The second-order valence-corrected chi connectivity index (χ2v) is 2.65. The van der Waals surface area contributed by atoms with Crippen molar-refractivity contribution in [1.29, 1.82) is 0 Å². The smallest absolute Gasteiger partial charge is 1.00 e. The van der Waals surface area contributed by atoms with Crippen LogP contribution in [0.25, 0.3) is 0 Å². The van der Waals surface area contributed by atoms with E-state index in [1.54, 1.807) is 0 Å². The van der Waals surface area contributed by atoms with Crippen LogP contribution in [0.4, 0.5) is 0 Å². The minimum absolute atomic E-state index is 0. The SMILES string of the molecule is O.O.O.O=S(O)(O)=S.[H-].[K+]. The largest absolute Gasteiger partial charge is 1.00 e. The Bertz CT molecular complexity index is 98.9. The van der Waals surface area contributed by atoms with Crippen molar-refractivity contribution < 1.29 is 82.6 Å². The van der Waals surface area contributed by atoms with Gasteiger partial charge in [-0.25, -0.2) is 0 Å². The minimum atomic E-state index is -3.83. The van der Waals surface area contributed by atoms with Gasteiger partial charge in [0.05, 0.1) is 0 Å². The Kier molecular flexibility index (Phi) is 42.7. The molecule has 8 N–H and O–H groups in total. The summed E-state index contributed by atoms with van der Waals surface area (Å²) in [4.78, 5) is 0. The molecular weight excluding hydrogens is 199 g/mol. The summed E-state index contributed by atoms with van der Waals surface area (Å²) in [7, 11) is -3.83. The molecule has 0 atom stereocenters. The maximum absolute atomic E-state index is 9.11. The van der Waals surface area contributed by atoms with Crippen LogP contribution in [-0.4, -0.2) is 29.7 Å². The first-order chi connectivity index (χ1) is 2.00. The van der Waals surface area contributed by atoms with E-state index in [0.717, 1.165) is 0 Å². The van der Waals surface area contributed by atoms with Crippen LogP contribution in [0.2, 0.25) is 0 Å². The zero-order valence-corrected chi connectivity index (χ0v) is 9.38. The van der Waals surface area contributed by atoms with Gasteiger partial charge in [0.25, 0.3) is 9.05 Å². The molecule has 0 aromatic heterocycles. The Morgan fingerprint density at radius 3 is 1.22 bits per heavy atom. The van der Waals surface area contributed by atoms with Crippen molar-refractivity contribution in [1.82, 2.24) is 0 Å². The molecule has 0 saturated carbocycles. The van der Waals surface area contributed by atoms with Crippen LogP contribution >= 0.6 is 0 Å². The van der Waals surface area contributed by atoms with Crippen molar-refractivity contribution in [2.24, 2.45) is 0 Å². The van der Waals surface area contributed by atoms with E-state index in [9.17, 15) is 0 Å². The third-order valence-electron chi connectivity index (χ3n) is 0. The monoisotopic (exact) mass is 208 g/mol. The number of hydrogen-bond acceptors (Lipinski definition) is 2. The standard InChI is InChI=1S/K.H2O3S2.3H2O.H/c;1-5(2,3)4;;;;/h;(H2,1,2,3,4);3*1H2;/q+1;;;;;-1. The van der Waals surface area contributed by atoms with E-state index in [1.807, 2.05) is 0 Å². The second kappa shape index (κ2) is 12.5. The Hall–Kier alpha value is 1.81. The van der Waals surface area contributed by atoms with E-state index in [-0.39, 0.29) is 69.2 Å². The van der Waals surface area contributed by atoms with E-state index < -0.39 is 9.05 Å². The van der Waals surface area contributed by atoms with Gasteiger partial charge in [-0.15, -0.1) is 0 Å². The zero-order valence-electron chi connectivity index (χ0n) is 5.62. The fourth-order valence-electron chi connectivity index (χ4n) is 0. The van der Waals surface area contributed by atoms with Crippen molar-refractivity contribution in [2.75, 3.05) is 0 Å². The molecule has 0 rings (SSSR count). The number of rotatable bonds is 0. The summed E-state index contributed by atoms with van der Waals surface area (Å²) in [6.07, 6.45) is 0. The van der Waals surface area contributed by atoms with Crippen molar-refractivity contribution in [3.8, 4) is 0 Å². The second-order valence-electron chi connectivity index (χ2n) is 0.448. The molecule has 0 bridgehead atoms. The minimum Gasteiger partial charge on any atom is -1.00 e. The molecule has 0 amide bonds. The maximum atomic E-state index is 9.11. The summed E-state index contributed by atoms with van der Waals surface area (Å²) in [5, 5.41) is 0. The van der Waals surface area contributed by atoms with Crippen LogP contribution in [0.1, 0.15) is 1.43 Å². The van der Waals surface area contributed by atoms with Crippen molar-refractivity contribution in [3.05, 3.63) is 0 Å². The molecule has 0 heterocycles. The molecule has 58 valence electrons. The Morgan fingerprint density at radius 1 is 1.22 bits per heavy atom. The van der Waals surface area contributed by atoms with E-state index >= 15 is 0 Å². The molecule has 9 heteroatoms. The van der Waals surface area contributed by atoms with Crippen LogP contribution in [0, 0.1) is 0 Å². The molecule has 0 spiro atoms. The Morgan fingerprint density at radius 2 is 1.22 bits per heavy atom. The molecule has 0 saturated heterocycles. The molecule has 0 aromatic carbocycles. The first-order valence-electron chi connectivity index (χ1n) is 0.698. The van der Waals surface area contributed by atoms with Gasteiger partial charge in [0.2, 0.25) is 0 Å². The normalized spacial score (nSPS) is 6.44. The molecule has 0 aliphatic heterocycles. The van der Waals surface area contributed by atoms with Gasteiger partial charge in [0, 0.05) is 11.2 Å². The first-order valence-corrected chi connectivity index (χ1v) is 3.10. The molecule has 0 aliphatic carbocycles. The van der Waals surface area contributed by atoms with Gasteiger partial charge in [-0.3, -0.25) is 9.11 Å². The van der Waals surface area contributed by atoms with Crippen molar-refractivity contribution in [2.45, 2.75) is 0 Å². The molecular formula is H9KO6S2. The van der Waals surface area contributed by atoms with Crippen molar-refractivity contribution in [3.63, 3.8) is 0 Å². The van der Waals surface area contributed by atoms with Gasteiger partial charge in [-0.05, 0) is 0 Å². The molecule has 0 radical (unpaired) electrons. The summed E-state index contributed by atoms with van der Waals surface area (Å²) in [5.74, 6) is 0. The summed E-state index contributed by atoms with van der Waals surface area (Å²) in [6.45, 7) is 0. The summed E-state index contributed by atoms with van der Waals surface area (Å²) in [6, 6.07) is 0. The van der Waals surface area contributed by atoms with Gasteiger partial charge in [0.15, 0.2) is 0 Å². The summed E-state index contributed by atoms with van der Waals surface area (Å²) < 4.78 is 24.0. The van der Waals surface area contributed by atoms with Gasteiger partial charge < -0.3 is 17.9 Å². The van der Waals surface area contributed by atoms with Crippen LogP contribution in [-0.2, 0) is 20.2 Å². The third kappa shape index (κ3) is 183. The molecule has 0 unspecified atom stereocenters. The van der Waals surface area contributed by atoms with Crippen LogP contribution in [0.15, 0.2) is 0 Å². The average molecular weight is 208 g/mol. The molecule has 6 nitrogen and oxygen atoms in total. The van der Waals surface area contributed by atoms with Gasteiger partial charge in [-0.2, -0.15) is 4.21 Å². The van der Waals surface area contributed by atoms with E-state index in [1.165, 1.54) is 0 Å². The topological polar surface area (TPSA) is 152 Å². The fourth-order valence-corrected chi connectivity index (χ4v) is 0. The molecule has 0 aromatic rings. The molecule has 0 aliphatic rings.